The van der Waals surface area contributed by atoms with Crippen molar-refractivity contribution in [2.45, 2.75) is 30.8 Å². The van der Waals surface area contributed by atoms with Crippen LogP contribution in [0.3, 0.4) is 0 Å². The van der Waals surface area contributed by atoms with Gasteiger partial charge in [-0.15, -0.1) is 0 Å². The van der Waals surface area contributed by atoms with E-state index in [9.17, 15) is 10.1 Å². The molecule has 0 saturated carbocycles. The average Bonchev–Trinajstić information content (AvgIpc) is 3.60. The van der Waals surface area contributed by atoms with Crippen LogP contribution in [0.15, 0.2) is 55.2 Å². The molecule has 10 nitrogen and oxygen atoms in total. The molecule has 2 saturated heterocycles. The highest BCUT2D eigenvalue weighted by Gasteiger charge is 2.48. The lowest BCUT2D eigenvalue weighted by Gasteiger charge is -2.53. The lowest BCUT2D eigenvalue weighted by atomic mass is 9.83. The first-order chi connectivity index (χ1) is 18.1. The summed E-state index contributed by atoms with van der Waals surface area (Å²) >= 11 is 0. The van der Waals surface area contributed by atoms with E-state index in [4.69, 9.17) is 4.74 Å². The van der Waals surface area contributed by atoms with Crippen LogP contribution >= 0.6 is 0 Å². The van der Waals surface area contributed by atoms with Crippen LogP contribution in [0.5, 0.6) is 5.75 Å². The Kier molecular flexibility index (Phi) is 5.85. The van der Waals surface area contributed by atoms with Crippen LogP contribution in [-0.4, -0.2) is 79.8 Å². The van der Waals surface area contributed by atoms with Crippen LogP contribution < -0.4 is 4.74 Å². The van der Waals surface area contributed by atoms with Crippen molar-refractivity contribution in [3.8, 4) is 23.1 Å². The molecule has 37 heavy (non-hydrogen) atoms. The van der Waals surface area contributed by atoms with E-state index in [0.29, 0.717) is 23.8 Å². The maximum Gasteiger partial charge on any atom is 0.253 e. The molecule has 0 spiro atoms. The second-order valence-corrected chi connectivity index (χ2v) is 9.86. The number of nitrogens with zero attached hydrogens (tertiary/aromatic N) is 7. The number of nitriles is 1. The Bertz CT molecular complexity index is 1470. The molecule has 2 fully saturated rings. The summed E-state index contributed by atoms with van der Waals surface area (Å²) in [6.45, 7) is 2.96. The standard InChI is InChI=1S/C27H28N8O2/c1-37-22-4-2-3-19(13-22)26(36)33-11-6-21(7-12-33)34-16-27(17-34,8-9-28)35-15-20(14-32-35)24-23-5-10-29-25(23)31-18-30-24/h2-5,10,13-15,18,21H,6-8,11-12,16-17H2,1H3,(H,29,30,31). The van der Waals surface area contributed by atoms with E-state index in [0.717, 1.165) is 61.3 Å². The van der Waals surface area contributed by atoms with E-state index in [1.807, 2.05) is 52.4 Å². The molecule has 0 unspecified atom stereocenters. The second-order valence-electron chi connectivity index (χ2n) is 9.86. The quantitative estimate of drug-likeness (QED) is 0.436. The maximum atomic E-state index is 13.0. The van der Waals surface area contributed by atoms with E-state index in [2.05, 4.69) is 31.0 Å². The van der Waals surface area contributed by atoms with E-state index in [1.54, 1.807) is 19.5 Å². The number of hydrogen-bond acceptors (Lipinski definition) is 7. The molecule has 4 aromatic rings. The highest BCUT2D eigenvalue weighted by atomic mass is 16.5. The number of piperidine rings is 1. The Morgan fingerprint density at radius 2 is 2.08 bits per heavy atom. The monoisotopic (exact) mass is 496 g/mol. The Balaban J connectivity index is 1.12. The molecule has 0 bridgehead atoms. The minimum atomic E-state index is -0.356. The summed E-state index contributed by atoms with van der Waals surface area (Å²) in [6.07, 6.45) is 9.43. The molecular weight excluding hydrogens is 468 g/mol. The van der Waals surface area contributed by atoms with Gasteiger partial charge in [0.25, 0.3) is 5.91 Å². The SMILES string of the molecule is COc1cccc(C(=O)N2CCC(N3CC(CC#N)(n4cc(-c5ncnc6[nH]ccc56)cn4)C3)CC2)c1. The van der Waals surface area contributed by atoms with E-state index in [1.165, 1.54) is 0 Å². The van der Waals surface area contributed by atoms with Gasteiger partial charge in [0, 0.05) is 61.1 Å². The molecule has 0 radical (unpaired) electrons. The van der Waals surface area contributed by atoms with E-state index < -0.39 is 0 Å². The zero-order chi connectivity index (χ0) is 25.4. The van der Waals surface area contributed by atoms with Crippen molar-refractivity contribution in [3.63, 3.8) is 0 Å². The minimum Gasteiger partial charge on any atom is -0.497 e. The second kappa shape index (κ2) is 9.33. The summed E-state index contributed by atoms with van der Waals surface area (Å²) in [5.41, 5.74) is 2.83. The number of ether oxygens (including phenoxy) is 1. The Morgan fingerprint density at radius 3 is 2.86 bits per heavy atom. The summed E-state index contributed by atoms with van der Waals surface area (Å²) in [7, 11) is 1.61. The predicted molar refractivity (Wildman–Crippen MR) is 137 cm³/mol. The predicted octanol–water partition coefficient (Wildman–Crippen LogP) is 3.06. The molecule has 2 aliphatic rings. The highest BCUT2D eigenvalue weighted by Crippen LogP contribution is 2.37. The molecule has 0 aliphatic carbocycles. The third-order valence-electron chi connectivity index (χ3n) is 7.68. The van der Waals surface area contributed by atoms with Gasteiger partial charge in [0.15, 0.2) is 0 Å². The number of H-pyrrole nitrogens is 1. The molecule has 6 rings (SSSR count). The number of amides is 1. The summed E-state index contributed by atoms with van der Waals surface area (Å²) in [5.74, 6) is 0.735. The number of benzene rings is 1. The zero-order valence-corrected chi connectivity index (χ0v) is 20.7. The number of carbonyl (C=O) groups is 1. The normalized spacial score (nSPS) is 17.9. The number of fused-ring (bicyclic) bond motifs is 1. The summed E-state index contributed by atoms with van der Waals surface area (Å²) in [6, 6.07) is 12.0. The van der Waals surface area contributed by atoms with Gasteiger partial charge >= 0.3 is 0 Å². The molecule has 3 aromatic heterocycles. The lowest BCUT2D eigenvalue weighted by Crippen LogP contribution is -2.66. The topological polar surface area (TPSA) is 116 Å². The average molecular weight is 497 g/mol. The van der Waals surface area contributed by atoms with Crippen molar-refractivity contribution >= 4 is 16.9 Å². The van der Waals surface area contributed by atoms with E-state index in [-0.39, 0.29) is 11.4 Å². The number of aromatic amines is 1. The van der Waals surface area contributed by atoms with Crippen molar-refractivity contribution in [1.82, 2.24) is 34.5 Å². The van der Waals surface area contributed by atoms with Gasteiger partial charge in [-0.25, -0.2) is 9.97 Å². The molecule has 188 valence electrons. The Morgan fingerprint density at radius 1 is 1.24 bits per heavy atom. The third-order valence-corrected chi connectivity index (χ3v) is 7.68. The van der Waals surface area contributed by atoms with Gasteiger partial charge in [-0.3, -0.25) is 14.4 Å². The van der Waals surface area contributed by atoms with Crippen LogP contribution in [0, 0.1) is 11.3 Å². The summed E-state index contributed by atoms with van der Waals surface area (Å²) in [5, 5.41) is 15.2. The lowest BCUT2D eigenvalue weighted by molar-refractivity contribution is -0.0412. The number of rotatable bonds is 6. The van der Waals surface area contributed by atoms with Crippen LogP contribution in [0.4, 0.5) is 0 Å². The smallest absolute Gasteiger partial charge is 0.253 e. The van der Waals surface area contributed by atoms with Crippen LogP contribution in [-0.2, 0) is 5.54 Å². The van der Waals surface area contributed by atoms with Crippen LogP contribution in [0.25, 0.3) is 22.3 Å². The van der Waals surface area contributed by atoms with E-state index >= 15 is 0 Å². The molecule has 0 atom stereocenters. The zero-order valence-electron chi connectivity index (χ0n) is 20.7. The molecule has 10 heteroatoms. The number of hydrogen-bond donors (Lipinski definition) is 1. The van der Waals surface area contributed by atoms with Crippen molar-refractivity contribution in [3.05, 3.63) is 60.8 Å². The van der Waals surface area contributed by atoms with Gasteiger partial charge in [-0.1, -0.05) is 6.07 Å². The Labute approximate surface area is 214 Å². The van der Waals surface area contributed by atoms with Gasteiger partial charge in [-0.05, 0) is 37.1 Å². The first-order valence-electron chi connectivity index (χ1n) is 12.5. The molecule has 1 aromatic carbocycles. The molecule has 1 amide bonds. The number of aromatic nitrogens is 5. The largest absolute Gasteiger partial charge is 0.497 e. The first-order valence-corrected chi connectivity index (χ1v) is 12.5. The van der Waals surface area contributed by atoms with Crippen molar-refractivity contribution < 1.29 is 9.53 Å². The van der Waals surface area contributed by atoms with Crippen molar-refractivity contribution in [2.24, 2.45) is 0 Å². The minimum absolute atomic E-state index is 0.0464. The summed E-state index contributed by atoms with van der Waals surface area (Å²) in [4.78, 5) is 29.2. The fraction of sp³-hybridized carbons (Fsp3) is 0.370. The molecular formula is C27H28N8O2. The molecule has 5 heterocycles. The van der Waals surface area contributed by atoms with Gasteiger partial charge < -0.3 is 14.6 Å². The van der Waals surface area contributed by atoms with Gasteiger partial charge in [0.1, 0.15) is 23.3 Å². The summed E-state index contributed by atoms with van der Waals surface area (Å²) < 4.78 is 7.21. The highest BCUT2D eigenvalue weighted by molar-refractivity contribution is 5.94. The molecule has 2 aliphatic heterocycles. The fourth-order valence-corrected chi connectivity index (χ4v) is 5.63. The van der Waals surface area contributed by atoms with Gasteiger partial charge in [0.2, 0.25) is 0 Å². The fourth-order valence-electron chi connectivity index (χ4n) is 5.63. The van der Waals surface area contributed by atoms with Crippen molar-refractivity contribution in [2.75, 3.05) is 33.3 Å². The van der Waals surface area contributed by atoms with Crippen LogP contribution in [0.1, 0.15) is 29.6 Å². The molecule has 1 N–H and O–H groups in total. The Hall–Kier alpha value is -4.23. The maximum absolute atomic E-state index is 13.0. The van der Waals surface area contributed by atoms with Crippen molar-refractivity contribution in [1.29, 1.82) is 5.26 Å². The van der Waals surface area contributed by atoms with Gasteiger partial charge in [-0.2, -0.15) is 10.4 Å². The van der Waals surface area contributed by atoms with Gasteiger partial charge in [0.05, 0.1) is 31.5 Å². The number of carbonyl (C=O) groups excluding carboxylic acids is 1. The number of methoxy groups -OCH3 is 1. The number of likely N-dealkylation sites (tertiary alicyclic amines) is 2. The van der Waals surface area contributed by atoms with Crippen LogP contribution in [0.2, 0.25) is 0 Å². The first kappa shape index (κ1) is 23.2. The number of nitrogens with one attached hydrogen (secondary N) is 1. The third kappa shape index (κ3) is 4.11.